The maximum atomic E-state index is 13.5. The molecule has 2 atom stereocenters. The molecule has 0 aliphatic rings. The summed E-state index contributed by atoms with van der Waals surface area (Å²) in [4.78, 5) is 48.5. The minimum Gasteiger partial charge on any atom is -0.464 e. The number of fused-ring (bicyclic) bond motifs is 1. The highest BCUT2D eigenvalue weighted by molar-refractivity contribution is 7.92. The van der Waals surface area contributed by atoms with Crippen LogP contribution in [0.4, 0.5) is 10.6 Å². The summed E-state index contributed by atoms with van der Waals surface area (Å²) < 4.78 is 28.1. The number of carbonyl (C=O) groups is 2. The maximum Gasteiger partial charge on any atom is 0.339 e. The van der Waals surface area contributed by atoms with E-state index in [2.05, 4.69) is 9.97 Å². The Kier molecular flexibility index (Phi) is 7.58. The van der Waals surface area contributed by atoms with Gasteiger partial charge in [0.15, 0.2) is 11.5 Å². The molecule has 0 spiro atoms. The van der Waals surface area contributed by atoms with Gasteiger partial charge < -0.3 is 15.4 Å². The first-order valence-corrected chi connectivity index (χ1v) is 12.8. The van der Waals surface area contributed by atoms with Crippen LogP contribution in [-0.2, 0) is 25.8 Å². The normalized spacial score (nSPS) is 13.8. The largest absolute Gasteiger partial charge is 0.464 e. The lowest BCUT2D eigenvalue weighted by atomic mass is 10.2. The van der Waals surface area contributed by atoms with E-state index in [1.165, 1.54) is 18.5 Å². The molecule has 3 N–H and O–H groups in total. The summed E-state index contributed by atoms with van der Waals surface area (Å²) in [5, 5.41) is -0.302. The minimum absolute atomic E-state index is 0.0142. The Hall–Kier alpha value is -3.74. The van der Waals surface area contributed by atoms with E-state index >= 15 is 0 Å². The van der Waals surface area contributed by atoms with Gasteiger partial charge in [-0.1, -0.05) is 37.3 Å². The van der Waals surface area contributed by atoms with Crippen molar-refractivity contribution in [2.45, 2.75) is 44.9 Å². The zero-order chi connectivity index (χ0) is 25.9. The molecule has 0 saturated heterocycles. The molecule has 0 bridgehead atoms. The number of likely N-dealkylation sites (N-methyl/N-ethyl adjacent to an activating group) is 1. The van der Waals surface area contributed by atoms with Crippen LogP contribution in [0, 0.1) is 4.78 Å². The predicted octanol–water partition coefficient (Wildman–Crippen LogP) is 1.89. The standard InChI is InChI=1S/C22H29N7O5S/c1-5-12-35(24,33)20-25-17(23)16-18(26-20)28(13-15-10-8-7-9-11-15)22(32)29(16)21(31)27(4)14(3)19(30)34-6-2/h7-11,14,24H,5-6,12-13H2,1-4H3,(H2,23,25,26)/t14-,35?/m0/s1. The average molecular weight is 504 g/mol. The molecular weight excluding hydrogens is 474 g/mol. The average Bonchev–Trinajstić information content (AvgIpc) is 3.10. The van der Waals surface area contributed by atoms with Gasteiger partial charge in [0.25, 0.3) is 0 Å². The first-order valence-electron chi connectivity index (χ1n) is 11.1. The number of rotatable bonds is 8. The van der Waals surface area contributed by atoms with E-state index in [-0.39, 0.29) is 41.0 Å². The highest BCUT2D eigenvalue weighted by atomic mass is 32.2. The van der Waals surface area contributed by atoms with Gasteiger partial charge in [-0.3, -0.25) is 4.57 Å². The van der Waals surface area contributed by atoms with Crippen molar-refractivity contribution < 1.29 is 18.5 Å². The molecule has 1 aromatic carbocycles. The SMILES string of the molecule is CCCS(=N)(=O)c1nc(N)c2c(n1)n(Cc1ccccc1)c(=O)n2C(=O)N(C)[C@@H](C)C(=O)OCC. The fourth-order valence-corrected chi connectivity index (χ4v) is 4.74. The number of ether oxygens (including phenoxy) is 1. The van der Waals surface area contributed by atoms with Crippen LogP contribution in [0.25, 0.3) is 11.2 Å². The van der Waals surface area contributed by atoms with E-state index in [1.807, 2.05) is 6.07 Å². The monoisotopic (exact) mass is 503 g/mol. The molecule has 1 unspecified atom stereocenters. The van der Waals surface area contributed by atoms with Crippen LogP contribution in [-0.4, -0.2) is 65.7 Å². The van der Waals surface area contributed by atoms with Gasteiger partial charge in [-0.15, -0.1) is 0 Å². The molecule has 1 amide bonds. The molecule has 0 saturated carbocycles. The number of nitrogen functional groups attached to an aromatic ring is 1. The summed E-state index contributed by atoms with van der Waals surface area (Å²) >= 11 is 0. The van der Waals surface area contributed by atoms with Gasteiger partial charge in [0.2, 0.25) is 5.16 Å². The number of anilines is 1. The van der Waals surface area contributed by atoms with Crippen molar-refractivity contribution in [2.75, 3.05) is 25.1 Å². The van der Waals surface area contributed by atoms with E-state index < -0.39 is 33.5 Å². The third-order valence-corrected chi connectivity index (χ3v) is 7.20. The van der Waals surface area contributed by atoms with Crippen LogP contribution >= 0.6 is 0 Å². The molecule has 0 aliphatic heterocycles. The smallest absolute Gasteiger partial charge is 0.339 e. The number of aromatic nitrogens is 4. The van der Waals surface area contributed by atoms with E-state index in [0.717, 1.165) is 15.0 Å². The summed E-state index contributed by atoms with van der Waals surface area (Å²) in [5.74, 6) is -0.889. The van der Waals surface area contributed by atoms with Gasteiger partial charge in [0.05, 0.1) is 13.2 Å². The molecule has 3 rings (SSSR count). The molecule has 0 fully saturated rings. The predicted molar refractivity (Wildman–Crippen MR) is 131 cm³/mol. The summed E-state index contributed by atoms with van der Waals surface area (Å²) in [6.45, 7) is 5.07. The number of hydrogen-bond acceptors (Lipinski definition) is 9. The topological polar surface area (TPSA) is 166 Å². The lowest BCUT2D eigenvalue weighted by molar-refractivity contribution is -0.147. The summed E-state index contributed by atoms with van der Waals surface area (Å²) in [6.07, 6.45) is 0.455. The van der Waals surface area contributed by atoms with Crippen LogP contribution < -0.4 is 11.4 Å². The number of carbonyl (C=O) groups excluding carboxylic acids is 2. The van der Waals surface area contributed by atoms with Crippen molar-refractivity contribution in [2.24, 2.45) is 0 Å². The van der Waals surface area contributed by atoms with Crippen molar-refractivity contribution in [3.05, 3.63) is 46.4 Å². The molecule has 35 heavy (non-hydrogen) atoms. The summed E-state index contributed by atoms with van der Waals surface area (Å²) in [7, 11) is -2.01. The minimum atomic E-state index is -3.37. The molecule has 2 aromatic heterocycles. The zero-order valence-electron chi connectivity index (χ0n) is 20.1. The number of hydrogen-bond donors (Lipinski definition) is 2. The van der Waals surface area contributed by atoms with Crippen molar-refractivity contribution in [1.29, 1.82) is 4.78 Å². The third-order valence-electron chi connectivity index (χ3n) is 5.45. The molecule has 3 aromatic rings. The lowest BCUT2D eigenvalue weighted by Crippen LogP contribution is -2.46. The van der Waals surface area contributed by atoms with Crippen molar-refractivity contribution in [1.82, 2.24) is 24.0 Å². The van der Waals surface area contributed by atoms with Gasteiger partial charge in [0, 0.05) is 12.8 Å². The molecule has 0 aliphatic carbocycles. The van der Waals surface area contributed by atoms with Crippen LogP contribution in [0.15, 0.2) is 40.3 Å². The number of benzene rings is 1. The second-order valence-electron chi connectivity index (χ2n) is 7.95. The Morgan fingerprint density at radius 3 is 2.49 bits per heavy atom. The Morgan fingerprint density at radius 2 is 1.89 bits per heavy atom. The van der Waals surface area contributed by atoms with Gasteiger partial charge in [-0.05, 0) is 25.8 Å². The first kappa shape index (κ1) is 25.9. The number of imidazole rings is 1. The van der Waals surface area contributed by atoms with Gasteiger partial charge in [-0.25, -0.2) is 32.9 Å². The van der Waals surface area contributed by atoms with E-state index in [1.54, 1.807) is 38.1 Å². The molecule has 12 nitrogen and oxygen atoms in total. The molecule has 13 heteroatoms. The van der Waals surface area contributed by atoms with Crippen LogP contribution in [0.1, 0.15) is 32.8 Å². The quantitative estimate of drug-likeness (QED) is 0.347. The van der Waals surface area contributed by atoms with Gasteiger partial charge in [0.1, 0.15) is 21.3 Å². The van der Waals surface area contributed by atoms with Crippen LogP contribution in [0.3, 0.4) is 0 Å². The highest BCUT2D eigenvalue weighted by Gasteiger charge is 2.31. The number of esters is 1. The highest BCUT2D eigenvalue weighted by Crippen LogP contribution is 2.22. The second kappa shape index (κ2) is 10.3. The Balaban J connectivity index is 2.25. The lowest BCUT2D eigenvalue weighted by Gasteiger charge is -2.23. The molecule has 188 valence electrons. The number of nitrogens with one attached hydrogen (secondary N) is 1. The Labute approximate surface area is 202 Å². The number of nitrogens with two attached hydrogens (primary N) is 1. The first-order chi connectivity index (χ1) is 16.5. The molecule has 2 heterocycles. The van der Waals surface area contributed by atoms with E-state index in [9.17, 15) is 18.6 Å². The molecule has 0 radical (unpaired) electrons. The second-order valence-corrected chi connectivity index (χ2v) is 10.1. The Morgan fingerprint density at radius 1 is 1.23 bits per heavy atom. The van der Waals surface area contributed by atoms with Crippen LogP contribution in [0.2, 0.25) is 0 Å². The number of nitrogens with zero attached hydrogens (tertiary/aromatic N) is 5. The number of amides is 1. The summed E-state index contributed by atoms with van der Waals surface area (Å²) in [5.41, 5.74) is 6.02. The van der Waals surface area contributed by atoms with Crippen molar-refractivity contribution >= 4 is 38.7 Å². The summed E-state index contributed by atoms with van der Waals surface area (Å²) in [6, 6.07) is 7.18. The van der Waals surface area contributed by atoms with E-state index in [0.29, 0.717) is 6.42 Å². The third kappa shape index (κ3) is 5.04. The van der Waals surface area contributed by atoms with Gasteiger partial charge in [-0.2, -0.15) is 4.98 Å². The van der Waals surface area contributed by atoms with Crippen molar-refractivity contribution in [3.63, 3.8) is 0 Å². The maximum absolute atomic E-state index is 13.5. The fourth-order valence-electron chi connectivity index (χ4n) is 3.51. The van der Waals surface area contributed by atoms with E-state index in [4.69, 9.17) is 15.3 Å². The molecular formula is C22H29N7O5S. The fraction of sp³-hybridized carbons (Fsp3) is 0.409. The van der Waals surface area contributed by atoms with Crippen molar-refractivity contribution in [3.8, 4) is 0 Å². The van der Waals surface area contributed by atoms with Crippen LogP contribution in [0.5, 0.6) is 0 Å². The van der Waals surface area contributed by atoms with Gasteiger partial charge >= 0.3 is 17.7 Å². The Bertz CT molecular complexity index is 1410. The zero-order valence-corrected chi connectivity index (χ0v) is 20.9.